The molecular weight excluding hydrogens is 378 g/mol. The van der Waals surface area contributed by atoms with Crippen molar-refractivity contribution in [3.63, 3.8) is 0 Å². The van der Waals surface area contributed by atoms with E-state index in [0.29, 0.717) is 22.7 Å². The Hall–Kier alpha value is -2.59. The summed E-state index contributed by atoms with van der Waals surface area (Å²) in [6, 6.07) is 12.3. The Labute approximate surface area is 153 Å². The van der Waals surface area contributed by atoms with Crippen molar-refractivity contribution in [1.82, 2.24) is 4.83 Å². The maximum atomic E-state index is 12.3. The van der Waals surface area contributed by atoms with Gasteiger partial charge in [0.25, 0.3) is 10.0 Å². The summed E-state index contributed by atoms with van der Waals surface area (Å²) in [5.41, 5.74) is 1.30. The molecular formula is C16H19N3O5S2. The minimum Gasteiger partial charge on any atom is -0.497 e. The minimum atomic E-state index is -3.83. The van der Waals surface area contributed by atoms with Crippen LogP contribution in [0.1, 0.15) is 12.5 Å². The van der Waals surface area contributed by atoms with E-state index < -0.39 is 20.0 Å². The number of ether oxygens (including phenoxy) is 1. The molecule has 0 saturated heterocycles. The van der Waals surface area contributed by atoms with E-state index >= 15 is 0 Å². The third-order valence-electron chi connectivity index (χ3n) is 3.29. The first-order chi connectivity index (χ1) is 12.1. The van der Waals surface area contributed by atoms with E-state index in [0.717, 1.165) is 6.26 Å². The van der Waals surface area contributed by atoms with Crippen molar-refractivity contribution in [1.29, 1.82) is 0 Å². The number of hydrazone groups is 1. The quantitative estimate of drug-likeness (QED) is 0.546. The van der Waals surface area contributed by atoms with Crippen LogP contribution in [0.2, 0.25) is 0 Å². The zero-order valence-electron chi connectivity index (χ0n) is 14.4. The molecule has 2 N–H and O–H groups in total. The van der Waals surface area contributed by atoms with Gasteiger partial charge in [-0.15, -0.1) is 0 Å². The van der Waals surface area contributed by atoms with Gasteiger partial charge in [-0.3, -0.25) is 4.72 Å². The molecule has 0 aliphatic rings. The summed E-state index contributed by atoms with van der Waals surface area (Å²) in [4.78, 5) is 2.20. The van der Waals surface area contributed by atoms with Gasteiger partial charge < -0.3 is 4.74 Å². The molecule has 0 heterocycles. The van der Waals surface area contributed by atoms with Crippen LogP contribution in [0.5, 0.6) is 5.75 Å². The lowest BCUT2D eigenvalue weighted by Crippen LogP contribution is -2.20. The lowest BCUT2D eigenvalue weighted by Gasteiger charge is -2.08. The van der Waals surface area contributed by atoms with E-state index in [-0.39, 0.29) is 4.90 Å². The first-order valence-corrected chi connectivity index (χ1v) is 10.8. The maximum absolute atomic E-state index is 12.3. The molecule has 2 rings (SSSR count). The highest BCUT2D eigenvalue weighted by Gasteiger charge is 2.13. The lowest BCUT2D eigenvalue weighted by atomic mass is 10.1. The van der Waals surface area contributed by atoms with Gasteiger partial charge >= 0.3 is 0 Å². The molecule has 140 valence electrons. The van der Waals surface area contributed by atoms with Gasteiger partial charge in [-0.25, -0.2) is 8.42 Å². The molecule has 0 aromatic heterocycles. The normalized spacial score (nSPS) is 12.5. The fraction of sp³-hybridized carbons (Fsp3) is 0.188. The SMILES string of the molecule is COc1ccc(S(=O)(=O)NN=C(C)c2cccc(NS(C)(=O)=O)c2)cc1. The number of nitrogens with zero attached hydrogens (tertiary/aromatic N) is 1. The molecule has 0 unspecified atom stereocenters. The van der Waals surface area contributed by atoms with Gasteiger partial charge in [0.1, 0.15) is 5.75 Å². The van der Waals surface area contributed by atoms with Crippen LogP contribution in [0.4, 0.5) is 5.69 Å². The zero-order valence-corrected chi connectivity index (χ0v) is 16.1. The average Bonchev–Trinajstić information content (AvgIpc) is 2.58. The van der Waals surface area contributed by atoms with Crippen molar-refractivity contribution in [2.45, 2.75) is 11.8 Å². The molecule has 2 aromatic carbocycles. The predicted octanol–water partition coefficient (Wildman–Crippen LogP) is 1.77. The van der Waals surface area contributed by atoms with Crippen LogP contribution < -0.4 is 14.3 Å². The summed E-state index contributed by atoms with van der Waals surface area (Å²) in [7, 11) is -5.75. The highest BCUT2D eigenvalue weighted by Crippen LogP contribution is 2.16. The monoisotopic (exact) mass is 397 g/mol. The van der Waals surface area contributed by atoms with E-state index in [2.05, 4.69) is 14.7 Å². The van der Waals surface area contributed by atoms with Crippen molar-refractivity contribution in [3.8, 4) is 5.75 Å². The van der Waals surface area contributed by atoms with Gasteiger partial charge in [0.2, 0.25) is 10.0 Å². The molecule has 0 atom stereocenters. The van der Waals surface area contributed by atoms with Crippen molar-refractivity contribution in [2.75, 3.05) is 18.1 Å². The Balaban J connectivity index is 2.20. The van der Waals surface area contributed by atoms with Crippen LogP contribution in [0, 0.1) is 0 Å². The number of nitrogens with one attached hydrogen (secondary N) is 2. The Morgan fingerprint density at radius 2 is 1.69 bits per heavy atom. The molecule has 0 radical (unpaired) electrons. The zero-order chi connectivity index (χ0) is 19.4. The molecule has 0 spiro atoms. The van der Waals surface area contributed by atoms with Crippen molar-refractivity contribution in [2.24, 2.45) is 5.10 Å². The number of anilines is 1. The Bertz CT molecular complexity index is 1010. The summed E-state index contributed by atoms with van der Waals surface area (Å²) in [6.07, 6.45) is 1.05. The van der Waals surface area contributed by atoms with Gasteiger partial charge in [-0.1, -0.05) is 12.1 Å². The van der Waals surface area contributed by atoms with Crippen LogP contribution in [0.3, 0.4) is 0 Å². The highest BCUT2D eigenvalue weighted by atomic mass is 32.2. The molecule has 2 aromatic rings. The molecule has 0 saturated carbocycles. The van der Waals surface area contributed by atoms with Crippen molar-refractivity contribution >= 4 is 31.4 Å². The number of hydrogen-bond acceptors (Lipinski definition) is 6. The first-order valence-electron chi connectivity index (χ1n) is 7.39. The average molecular weight is 397 g/mol. The highest BCUT2D eigenvalue weighted by molar-refractivity contribution is 7.92. The first kappa shape index (κ1) is 19.7. The topological polar surface area (TPSA) is 114 Å². The fourth-order valence-corrected chi connectivity index (χ4v) is 3.43. The number of hydrogen-bond donors (Lipinski definition) is 2. The fourth-order valence-electron chi connectivity index (χ4n) is 2.02. The van der Waals surface area contributed by atoms with E-state index in [4.69, 9.17) is 4.74 Å². The van der Waals surface area contributed by atoms with Gasteiger partial charge in [-0.2, -0.15) is 18.4 Å². The number of methoxy groups -OCH3 is 1. The molecule has 0 bridgehead atoms. The van der Waals surface area contributed by atoms with Crippen LogP contribution in [-0.4, -0.2) is 35.9 Å². The smallest absolute Gasteiger partial charge is 0.276 e. The molecule has 0 fully saturated rings. The van der Waals surface area contributed by atoms with Crippen LogP contribution in [0.25, 0.3) is 0 Å². The third kappa shape index (κ3) is 5.46. The van der Waals surface area contributed by atoms with Crippen LogP contribution >= 0.6 is 0 Å². The summed E-state index contributed by atoms with van der Waals surface area (Å²) in [6.45, 7) is 1.61. The summed E-state index contributed by atoms with van der Waals surface area (Å²) < 4.78 is 54.5. The van der Waals surface area contributed by atoms with Gasteiger partial charge in [0, 0.05) is 5.69 Å². The minimum absolute atomic E-state index is 0.0438. The Kier molecular flexibility index (Phi) is 5.88. The van der Waals surface area contributed by atoms with Crippen LogP contribution in [-0.2, 0) is 20.0 Å². The molecule has 10 heteroatoms. The van der Waals surface area contributed by atoms with E-state index in [1.807, 2.05) is 0 Å². The summed E-state index contributed by atoms with van der Waals surface area (Å²) >= 11 is 0. The molecule has 0 aliphatic carbocycles. The molecule has 8 nitrogen and oxygen atoms in total. The van der Waals surface area contributed by atoms with Gasteiger partial charge in [-0.05, 0) is 48.9 Å². The molecule has 0 amide bonds. The standard InChI is InChI=1S/C16H19N3O5S2/c1-12(13-5-4-6-14(11-13)18-25(3,20)21)17-19-26(22,23)16-9-7-15(24-2)8-10-16/h4-11,18-19H,1-3H3. The van der Waals surface area contributed by atoms with E-state index in [1.54, 1.807) is 31.2 Å². The van der Waals surface area contributed by atoms with Gasteiger partial charge in [0.05, 0.1) is 24.0 Å². The third-order valence-corrected chi connectivity index (χ3v) is 5.12. The summed E-state index contributed by atoms with van der Waals surface area (Å²) in [5, 5.41) is 3.89. The largest absolute Gasteiger partial charge is 0.497 e. The van der Waals surface area contributed by atoms with Gasteiger partial charge in [0.15, 0.2) is 0 Å². The van der Waals surface area contributed by atoms with Crippen LogP contribution in [0.15, 0.2) is 58.5 Å². The Morgan fingerprint density at radius 3 is 2.27 bits per heavy atom. The second kappa shape index (κ2) is 7.75. The maximum Gasteiger partial charge on any atom is 0.276 e. The van der Waals surface area contributed by atoms with Crippen molar-refractivity contribution in [3.05, 3.63) is 54.1 Å². The van der Waals surface area contributed by atoms with Crippen molar-refractivity contribution < 1.29 is 21.6 Å². The number of benzene rings is 2. The second-order valence-electron chi connectivity index (χ2n) is 5.42. The Morgan fingerprint density at radius 1 is 1.04 bits per heavy atom. The van der Waals surface area contributed by atoms with E-state index in [9.17, 15) is 16.8 Å². The van der Waals surface area contributed by atoms with E-state index in [1.165, 1.54) is 31.4 Å². The number of rotatable bonds is 7. The lowest BCUT2D eigenvalue weighted by molar-refractivity contribution is 0.414. The predicted molar refractivity (Wildman–Crippen MR) is 100 cm³/mol. The summed E-state index contributed by atoms with van der Waals surface area (Å²) in [5.74, 6) is 0.541. The molecule has 26 heavy (non-hydrogen) atoms. The second-order valence-corrected chi connectivity index (χ2v) is 8.83. The number of sulfonamides is 2. The molecule has 0 aliphatic heterocycles.